The summed E-state index contributed by atoms with van der Waals surface area (Å²) in [6.07, 6.45) is 0. The minimum atomic E-state index is -0.956. The second-order valence-corrected chi connectivity index (χ2v) is 5.58. The Labute approximate surface area is 112 Å². The first-order chi connectivity index (χ1) is 8.95. The normalized spacial score (nSPS) is 11.8. The van der Waals surface area contributed by atoms with Crippen LogP contribution in [0.15, 0.2) is 18.2 Å². The minimum Gasteiger partial charge on any atom is -0.379 e. The van der Waals surface area contributed by atoms with E-state index in [1.54, 1.807) is 6.92 Å². The van der Waals surface area contributed by atoms with E-state index in [1.165, 1.54) is 18.2 Å². The van der Waals surface area contributed by atoms with Crippen LogP contribution in [0.1, 0.15) is 17.3 Å². The number of carbonyl (C=O) groups is 1. The van der Waals surface area contributed by atoms with Crippen molar-refractivity contribution in [1.82, 2.24) is 0 Å². The average molecular weight is 285 g/mol. The number of benzene rings is 1. The van der Waals surface area contributed by atoms with Crippen LogP contribution in [-0.2, 0) is 10.8 Å². The molecule has 3 N–H and O–H groups in total. The molecule has 0 bridgehead atoms. The van der Waals surface area contributed by atoms with Crippen LogP contribution in [0.3, 0.4) is 0 Å². The lowest BCUT2D eigenvalue weighted by molar-refractivity contribution is -0.384. The van der Waals surface area contributed by atoms with Crippen molar-refractivity contribution in [1.29, 1.82) is 0 Å². The Morgan fingerprint density at radius 1 is 1.53 bits per heavy atom. The van der Waals surface area contributed by atoms with Crippen LogP contribution in [-0.4, -0.2) is 33.1 Å². The molecule has 1 aromatic rings. The summed E-state index contributed by atoms with van der Waals surface area (Å²) in [6, 6.07) is 3.85. The molecule has 0 radical (unpaired) electrons. The highest BCUT2D eigenvalue weighted by molar-refractivity contribution is 7.84. The molecule has 0 saturated carbocycles. The summed E-state index contributed by atoms with van der Waals surface area (Å²) in [6.45, 7) is 2.12. The van der Waals surface area contributed by atoms with Gasteiger partial charge in [0.25, 0.3) is 5.69 Å². The monoisotopic (exact) mass is 285 g/mol. The molecule has 1 aromatic carbocycles. The Hall–Kier alpha value is -1.96. The third kappa shape index (κ3) is 4.32. The summed E-state index contributed by atoms with van der Waals surface area (Å²) in [5.41, 5.74) is 5.36. The third-order valence-corrected chi connectivity index (χ3v) is 3.75. The number of nitrogens with zero attached hydrogens (tertiary/aromatic N) is 1. The first-order valence-corrected chi connectivity index (χ1v) is 7.11. The molecule has 1 unspecified atom stereocenters. The molecule has 0 aliphatic rings. The van der Waals surface area contributed by atoms with E-state index >= 15 is 0 Å². The summed E-state index contributed by atoms with van der Waals surface area (Å²) in [4.78, 5) is 21.3. The van der Waals surface area contributed by atoms with Crippen LogP contribution in [0.25, 0.3) is 0 Å². The number of rotatable bonds is 7. The predicted molar refractivity (Wildman–Crippen MR) is 73.7 cm³/mol. The molecule has 0 fully saturated rings. The molecule has 0 aliphatic carbocycles. The van der Waals surface area contributed by atoms with E-state index in [0.29, 0.717) is 18.1 Å². The Balaban J connectivity index is 2.88. The number of primary amides is 1. The third-order valence-electron chi connectivity index (χ3n) is 2.44. The molecular formula is C11H15N3O4S. The fourth-order valence-electron chi connectivity index (χ4n) is 1.43. The Kier molecular flexibility index (Phi) is 5.43. The highest BCUT2D eigenvalue weighted by Gasteiger charge is 2.15. The van der Waals surface area contributed by atoms with Gasteiger partial charge in [-0.15, -0.1) is 0 Å². The molecule has 7 nitrogen and oxygen atoms in total. The highest BCUT2D eigenvalue weighted by Crippen LogP contribution is 2.25. The number of amides is 1. The summed E-state index contributed by atoms with van der Waals surface area (Å²) < 4.78 is 11.3. The summed E-state index contributed by atoms with van der Waals surface area (Å²) in [5, 5.41) is 13.7. The van der Waals surface area contributed by atoms with E-state index < -0.39 is 21.6 Å². The van der Waals surface area contributed by atoms with Crippen LogP contribution in [0.4, 0.5) is 11.4 Å². The van der Waals surface area contributed by atoms with E-state index in [4.69, 9.17) is 5.73 Å². The minimum absolute atomic E-state index is 0.146. The number of hydrogen-bond acceptors (Lipinski definition) is 5. The molecule has 0 saturated heterocycles. The molecule has 104 valence electrons. The fourth-order valence-corrected chi connectivity index (χ4v) is 2.05. The van der Waals surface area contributed by atoms with Gasteiger partial charge in [-0.05, 0) is 12.1 Å². The predicted octanol–water partition coefficient (Wildman–Crippen LogP) is 0.874. The van der Waals surface area contributed by atoms with Gasteiger partial charge >= 0.3 is 0 Å². The maximum Gasteiger partial charge on any atom is 0.292 e. The molecule has 1 rings (SSSR count). The lowest BCUT2D eigenvalue weighted by atomic mass is 10.1. The van der Waals surface area contributed by atoms with Crippen molar-refractivity contribution >= 4 is 28.1 Å². The van der Waals surface area contributed by atoms with Crippen LogP contribution < -0.4 is 11.1 Å². The van der Waals surface area contributed by atoms with Gasteiger partial charge in [0.1, 0.15) is 5.69 Å². The lowest BCUT2D eigenvalue weighted by Crippen LogP contribution is -2.15. The quantitative estimate of drug-likeness (QED) is 0.569. The smallest absolute Gasteiger partial charge is 0.292 e. The van der Waals surface area contributed by atoms with Crippen molar-refractivity contribution in [3.8, 4) is 0 Å². The number of nitrogens with two attached hydrogens (primary N) is 1. The first-order valence-electron chi connectivity index (χ1n) is 5.62. The maximum atomic E-state index is 11.3. The van der Waals surface area contributed by atoms with Crippen molar-refractivity contribution in [2.24, 2.45) is 5.73 Å². The fraction of sp³-hybridized carbons (Fsp3) is 0.364. The SMILES string of the molecule is CCS(=O)CCNc1cc(C(N)=O)ccc1[N+](=O)[O-]. The summed E-state index contributed by atoms with van der Waals surface area (Å²) >= 11 is 0. The molecule has 1 amide bonds. The van der Waals surface area contributed by atoms with Crippen LogP contribution in [0.2, 0.25) is 0 Å². The van der Waals surface area contributed by atoms with Gasteiger partial charge in [0.05, 0.1) is 4.92 Å². The Morgan fingerprint density at radius 3 is 2.74 bits per heavy atom. The highest BCUT2D eigenvalue weighted by atomic mass is 32.2. The van der Waals surface area contributed by atoms with Crippen molar-refractivity contribution < 1.29 is 13.9 Å². The molecule has 0 heterocycles. The maximum absolute atomic E-state index is 11.3. The van der Waals surface area contributed by atoms with Crippen molar-refractivity contribution in [2.45, 2.75) is 6.92 Å². The zero-order valence-corrected chi connectivity index (χ0v) is 11.2. The largest absolute Gasteiger partial charge is 0.379 e. The molecule has 0 aliphatic heterocycles. The van der Waals surface area contributed by atoms with Gasteiger partial charge in [-0.25, -0.2) is 0 Å². The number of nitro benzene ring substituents is 1. The average Bonchev–Trinajstić information content (AvgIpc) is 2.37. The lowest BCUT2D eigenvalue weighted by Gasteiger charge is -2.07. The van der Waals surface area contributed by atoms with Crippen LogP contribution in [0, 0.1) is 10.1 Å². The van der Waals surface area contributed by atoms with Crippen LogP contribution >= 0.6 is 0 Å². The number of carbonyl (C=O) groups excluding carboxylic acids is 1. The molecular weight excluding hydrogens is 270 g/mol. The van der Waals surface area contributed by atoms with E-state index in [0.717, 1.165) is 0 Å². The number of hydrogen-bond donors (Lipinski definition) is 2. The molecule has 19 heavy (non-hydrogen) atoms. The van der Waals surface area contributed by atoms with Gasteiger partial charge in [0.2, 0.25) is 5.91 Å². The summed E-state index contributed by atoms with van der Waals surface area (Å²) in [5.74, 6) is 0.259. The Bertz CT molecular complexity index is 519. The second-order valence-electron chi connectivity index (χ2n) is 3.71. The van der Waals surface area contributed by atoms with Gasteiger partial charge in [-0.2, -0.15) is 0 Å². The van der Waals surface area contributed by atoms with E-state index in [-0.39, 0.29) is 16.9 Å². The van der Waals surface area contributed by atoms with Gasteiger partial charge in [-0.3, -0.25) is 19.1 Å². The standard InChI is InChI=1S/C11H15N3O4S/c1-2-19(18)6-5-13-9-7-8(11(12)15)3-4-10(9)14(16)17/h3-4,7,13H,2,5-6H2,1H3,(H2,12,15). The van der Waals surface area contributed by atoms with Gasteiger partial charge in [0.15, 0.2) is 0 Å². The first kappa shape index (κ1) is 15.1. The molecule has 8 heteroatoms. The van der Waals surface area contributed by atoms with E-state index in [2.05, 4.69) is 5.32 Å². The molecule has 0 aromatic heterocycles. The van der Waals surface area contributed by atoms with Crippen molar-refractivity contribution in [2.75, 3.05) is 23.4 Å². The number of nitrogens with one attached hydrogen (secondary N) is 1. The number of nitro groups is 1. The zero-order chi connectivity index (χ0) is 14.4. The van der Waals surface area contributed by atoms with E-state index in [9.17, 15) is 19.1 Å². The van der Waals surface area contributed by atoms with Gasteiger partial charge in [-0.1, -0.05) is 6.92 Å². The summed E-state index contributed by atoms with van der Waals surface area (Å²) in [7, 11) is -0.956. The van der Waals surface area contributed by atoms with Gasteiger partial charge in [0, 0.05) is 40.5 Å². The van der Waals surface area contributed by atoms with Crippen molar-refractivity contribution in [3.05, 3.63) is 33.9 Å². The Morgan fingerprint density at radius 2 is 2.21 bits per heavy atom. The van der Waals surface area contributed by atoms with E-state index in [1.807, 2.05) is 0 Å². The zero-order valence-electron chi connectivity index (χ0n) is 10.4. The topological polar surface area (TPSA) is 115 Å². The van der Waals surface area contributed by atoms with Crippen molar-refractivity contribution in [3.63, 3.8) is 0 Å². The molecule has 0 spiro atoms. The molecule has 1 atom stereocenters. The second kappa shape index (κ2) is 6.83. The number of anilines is 1. The van der Waals surface area contributed by atoms with Gasteiger partial charge < -0.3 is 11.1 Å². The van der Waals surface area contributed by atoms with Crippen LogP contribution in [0.5, 0.6) is 0 Å².